The highest BCUT2D eigenvalue weighted by Gasteiger charge is 2.02. The van der Waals surface area contributed by atoms with Crippen molar-refractivity contribution in [3.05, 3.63) is 36.4 Å². The van der Waals surface area contributed by atoms with E-state index in [2.05, 4.69) is 11.9 Å². The molecule has 0 heterocycles. The molecule has 0 saturated heterocycles. The average Bonchev–Trinajstić information content (AvgIpc) is 2.20. The maximum absolute atomic E-state index is 10.8. The Hall–Kier alpha value is -1.57. The second-order valence-corrected chi connectivity index (χ2v) is 3.01. The molecule has 2 nitrogen and oxygen atoms in total. The van der Waals surface area contributed by atoms with Crippen molar-refractivity contribution >= 4 is 17.2 Å². The van der Waals surface area contributed by atoms with Crippen molar-refractivity contribution in [2.75, 3.05) is 5.32 Å². The number of rotatable bonds is 2. The van der Waals surface area contributed by atoms with Gasteiger partial charge in [0.2, 0.25) is 5.91 Å². The van der Waals surface area contributed by atoms with Gasteiger partial charge in [-0.2, -0.15) is 0 Å². The number of benzene rings is 1. The normalized spacial score (nSPS) is 8.53. The first-order valence-electron chi connectivity index (χ1n) is 5.14. The number of amides is 1. The summed E-state index contributed by atoms with van der Waals surface area (Å²) in [5.74, 6) is -0.0614. The van der Waals surface area contributed by atoms with Crippen LogP contribution in [0.3, 0.4) is 0 Å². The Morgan fingerprint density at radius 1 is 1.20 bits per heavy atom. The van der Waals surface area contributed by atoms with Gasteiger partial charge in [0.05, 0.1) is 0 Å². The van der Waals surface area contributed by atoms with Crippen molar-refractivity contribution < 1.29 is 4.79 Å². The van der Waals surface area contributed by atoms with Crippen LogP contribution in [0.1, 0.15) is 33.3 Å². The zero-order valence-corrected chi connectivity index (χ0v) is 9.92. The number of nitrogens with one attached hydrogen (secondary N) is 1. The summed E-state index contributed by atoms with van der Waals surface area (Å²) in [6.07, 6.45) is 0. The monoisotopic (exact) mass is 205 g/mol. The fourth-order valence-electron chi connectivity index (χ4n) is 1.15. The van der Waals surface area contributed by atoms with Gasteiger partial charge in [-0.3, -0.25) is 4.79 Å². The second-order valence-electron chi connectivity index (χ2n) is 3.01. The van der Waals surface area contributed by atoms with Crippen molar-refractivity contribution in [3.63, 3.8) is 0 Å². The van der Waals surface area contributed by atoms with Gasteiger partial charge in [0, 0.05) is 18.2 Å². The Morgan fingerprint density at radius 3 is 2.20 bits per heavy atom. The van der Waals surface area contributed by atoms with Gasteiger partial charge in [-0.15, -0.1) is 0 Å². The van der Waals surface area contributed by atoms with Crippen LogP contribution >= 0.6 is 0 Å². The number of allylic oxidation sites excluding steroid dienone is 1. The van der Waals surface area contributed by atoms with E-state index in [9.17, 15) is 4.79 Å². The molecule has 0 atom stereocenters. The number of para-hydroxylation sites is 1. The van der Waals surface area contributed by atoms with E-state index in [1.54, 1.807) is 0 Å². The standard InChI is InChI=1S/C11H13NO.C2H6/c1-8(2)10-6-4-5-7-11(10)12-9(3)13;1-2/h4-7H,1H2,2-3H3,(H,12,13);1-2H3. The SMILES string of the molecule is C=C(C)c1ccccc1NC(C)=O.CC. The van der Waals surface area contributed by atoms with Crippen molar-refractivity contribution in [2.24, 2.45) is 0 Å². The third-order valence-electron chi connectivity index (χ3n) is 1.70. The lowest BCUT2D eigenvalue weighted by atomic mass is 10.1. The van der Waals surface area contributed by atoms with Gasteiger partial charge in [0.15, 0.2) is 0 Å². The van der Waals surface area contributed by atoms with Crippen LogP contribution in [-0.2, 0) is 4.79 Å². The summed E-state index contributed by atoms with van der Waals surface area (Å²) in [4.78, 5) is 10.8. The Labute approximate surface area is 92.0 Å². The summed E-state index contributed by atoms with van der Waals surface area (Å²) in [6, 6.07) is 7.62. The highest BCUT2D eigenvalue weighted by molar-refractivity contribution is 5.92. The first-order chi connectivity index (χ1) is 7.11. The molecule has 1 aromatic rings. The maximum atomic E-state index is 10.8. The van der Waals surface area contributed by atoms with E-state index >= 15 is 0 Å². The lowest BCUT2D eigenvalue weighted by Gasteiger charge is -2.08. The highest BCUT2D eigenvalue weighted by Crippen LogP contribution is 2.21. The molecular formula is C13H19NO. The van der Waals surface area contributed by atoms with Crippen molar-refractivity contribution in [1.82, 2.24) is 0 Å². The van der Waals surface area contributed by atoms with Crippen molar-refractivity contribution in [1.29, 1.82) is 0 Å². The van der Waals surface area contributed by atoms with Gasteiger partial charge in [-0.25, -0.2) is 0 Å². The molecule has 0 saturated carbocycles. The van der Waals surface area contributed by atoms with Crippen molar-refractivity contribution in [2.45, 2.75) is 27.7 Å². The molecule has 1 aromatic carbocycles. The first kappa shape index (κ1) is 13.4. The third-order valence-corrected chi connectivity index (χ3v) is 1.70. The van der Waals surface area contributed by atoms with Gasteiger partial charge in [0.1, 0.15) is 0 Å². The van der Waals surface area contributed by atoms with Crippen LogP contribution in [0.2, 0.25) is 0 Å². The summed E-state index contributed by atoms with van der Waals surface area (Å²) >= 11 is 0. The molecule has 1 rings (SSSR count). The van der Waals surface area contributed by atoms with Crippen molar-refractivity contribution in [3.8, 4) is 0 Å². The first-order valence-corrected chi connectivity index (χ1v) is 5.14. The molecule has 1 N–H and O–H groups in total. The van der Waals surface area contributed by atoms with E-state index in [0.717, 1.165) is 16.8 Å². The summed E-state index contributed by atoms with van der Waals surface area (Å²) in [7, 11) is 0. The Balaban J connectivity index is 0.000000921. The quantitative estimate of drug-likeness (QED) is 0.783. The van der Waals surface area contributed by atoms with Gasteiger partial charge in [0.25, 0.3) is 0 Å². The minimum absolute atomic E-state index is 0.0614. The molecule has 0 aliphatic heterocycles. The molecule has 15 heavy (non-hydrogen) atoms. The molecule has 0 bridgehead atoms. The minimum Gasteiger partial charge on any atom is -0.326 e. The lowest BCUT2D eigenvalue weighted by Crippen LogP contribution is -2.07. The third kappa shape index (κ3) is 4.45. The summed E-state index contributed by atoms with van der Waals surface area (Å²) in [6.45, 7) is 11.3. The smallest absolute Gasteiger partial charge is 0.221 e. The molecule has 2 heteroatoms. The van der Waals surface area contributed by atoms with E-state index in [-0.39, 0.29) is 5.91 Å². The molecule has 0 aliphatic carbocycles. The second kappa shape index (κ2) is 6.82. The minimum atomic E-state index is -0.0614. The van der Waals surface area contributed by atoms with E-state index in [1.165, 1.54) is 6.92 Å². The van der Waals surface area contributed by atoms with Crippen LogP contribution in [0.5, 0.6) is 0 Å². The molecule has 0 fully saturated rings. The summed E-state index contributed by atoms with van der Waals surface area (Å²) in [5.41, 5.74) is 2.75. The fourth-order valence-corrected chi connectivity index (χ4v) is 1.15. The van der Waals surface area contributed by atoms with Gasteiger partial charge in [-0.05, 0) is 18.6 Å². The Morgan fingerprint density at radius 2 is 1.73 bits per heavy atom. The zero-order valence-electron chi connectivity index (χ0n) is 9.92. The van der Waals surface area contributed by atoms with E-state index in [1.807, 2.05) is 45.0 Å². The molecule has 82 valence electrons. The Bertz CT molecular complexity index is 342. The number of hydrogen-bond donors (Lipinski definition) is 1. The molecule has 0 aromatic heterocycles. The predicted molar refractivity (Wildman–Crippen MR) is 66.8 cm³/mol. The molecule has 1 amide bonds. The van der Waals surface area contributed by atoms with Gasteiger partial charge < -0.3 is 5.32 Å². The van der Waals surface area contributed by atoms with E-state index in [4.69, 9.17) is 0 Å². The number of carbonyl (C=O) groups excluding carboxylic acids is 1. The number of anilines is 1. The van der Waals surface area contributed by atoms with Gasteiger partial charge in [-0.1, -0.05) is 38.6 Å². The van der Waals surface area contributed by atoms with Gasteiger partial charge >= 0.3 is 0 Å². The Kier molecular flexibility index (Phi) is 6.11. The highest BCUT2D eigenvalue weighted by atomic mass is 16.1. The maximum Gasteiger partial charge on any atom is 0.221 e. The van der Waals surface area contributed by atoms with E-state index < -0.39 is 0 Å². The lowest BCUT2D eigenvalue weighted by molar-refractivity contribution is -0.114. The summed E-state index contributed by atoms with van der Waals surface area (Å²) < 4.78 is 0. The average molecular weight is 205 g/mol. The number of hydrogen-bond acceptors (Lipinski definition) is 1. The van der Waals surface area contributed by atoms with Crippen LogP contribution in [-0.4, -0.2) is 5.91 Å². The van der Waals surface area contributed by atoms with Crippen LogP contribution in [0, 0.1) is 0 Å². The van der Waals surface area contributed by atoms with Crippen LogP contribution in [0.15, 0.2) is 30.8 Å². The zero-order chi connectivity index (χ0) is 11.8. The summed E-state index contributed by atoms with van der Waals surface area (Å²) in [5, 5.41) is 2.75. The van der Waals surface area contributed by atoms with Crippen LogP contribution < -0.4 is 5.32 Å². The van der Waals surface area contributed by atoms with Crippen LogP contribution in [0.25, 0.3) is 5.57 Å². The predicted octanol–water partition coefficient (Wildman–Crippen LogP) is 3.70. The fraction of sp³-hybridized carbons (Fsp3) is 0.308. The molecular weight excluding hydrogens is 186 g/mol. The molecule has 0 spiro atoms. The topological polar surface area (TPSA) is 29.1 Å². The molecule has 0 unspecified atom stereocenters. The molecule has 0 radical (unpaired) electrons. The largest absolute Gasteiger partial charge is 0.326 e. The number of carbonyl (C=O) groups is 1. The van der Waals surface area contributed by atoms with E-state index in [0.29, 0.717) is 0 Å². The van der Waals surface area contributed by atoms with Crippen LogP contribution in [0.4, 0.5) is 5.69 Å². The molecule has 0 aliphatic rings.